The zero-order valence-electron chi connectivity index (χ0n) is 55.3. The van der Waals surface area contributed by atoms with Crippen molar-refractivity contribution in [2.45, 2.75) is 69.2 Å². The molecule has 18 nitrogen and oxygen atoms in total. The molecule has 1 N–H and O–H groups in total. The molecule has 9 heterocycles. The zero-order valence-corrected chi connectivity index (χ0v) is 56.1. The number of phenolic OH excluding ortho intramolecular Hbond substituents is 1. The number of thiazole rings is 1. The molecule has 0 amide bonds. The third-order valence-electron chi connectivity index (χ3n) is 14.7. The molecule has 0 aliphatic rings. The van der Waals surface area contributed by atoms with Crippen molar-refractivity contribution in [3.05, 3.63) is 230 Å². The molecule has 452 valence electrons. The number of aromatic hydroxyl groups is 1. The number of rotatable bonds is 0. The number of imidazole rings is 1. The number of aryl methyl sites for hydroxylation is 19. The van der Waals surface area contributed by atoms with Gasteiger partial charge in [0.05, 0.1) is 75.0 Å². The average Bonchev–Trinajstić information content (AvgIpc) is 3.31. The van der Waals surface area contributed by atoms with E-state index in [-0.39, 0.29) is 11.4 Å². The van der Waals surface area contributed by atoms with Crippen molar-refractivity contribution in [3.63, 3.8) is 0 Å². The molecule has 0 saturated heterocycles. The minimum Gasteiger partial charge on any atom is -0.508 e. The summed E-state index contributed by atoms with van der Waals surface area (Å²) in [5.41, 5.74) is 10.2. The van der Waals surface area contributed by atoms with Crippen LogP contribution in [0, 0.1) is 69.2 Å². The number of pyridine rings is 3. The van der Waals surface area contributed by atoms with Crippen LogP contribution >= 0.6 is 11.3 Å². The molecule has 0 aliphatic heterocycles. The van der Waals surface area contributed by atoms with Gasteiger partial charge in [-0.15, -0.1) is 9.36 Å². The zero-order chi connectivity index (χ0) is 64.0. The molecule has 0 fully saturated rings. The Morgan fingerprint density at radius 2 is 1.13 bits per heavy atom. The van der Waals surface area contributed by atoms with E-state index in [1.165, 1.54) is 37.9 Å². The normalized spacial score (nSPS) is 10.0. The van der Waals surface area contributed by atoms with Crippen LogP contribution in [0.5, 0.6) is 5.75 Å². The monoisotopic (exact) mass is 1180 g/mol. The summed E-state index contributed by atoms with van der Waals surface area (Å²) in [5.74, 6) is 2.78. The van der Waals surface area contributed by atoms with E-state index in [4.69, 9.17) is 0 Å². The molecular weight excluding hydrogens is 1080 g/mol. The first-order valence-electron chi connectivity index (χ1n) is 28.0. The third-order valence-corrected chi connectivity index (χ3v) is 15.8. The Hall–Kier alpha value is -8.84. The van der Waals surface area contributed by atoms with Crippen LogP contribution < -0.4 is 52.6 Å². The lowest BCUT2D eigenvalue weighted by Crippen LogP contribution is -2.53. The van der Waals surface area contributed by atoms with Gasteiger partial charge in [0.2, 0.25) is 22.5 Å². The summed E-state index contributed by atoms with van der Waals surface area (Å²) in [7, 11) is 27.2. The molecule has 0 bridgehead atoms. The summed E-state index contributed by atoms with van der Waals surface area (Å²) in [4.78, 5) is 22.5. The fraction of sp³-hybridized carbons (Fsp3) is 0.364. The van der Waals surface area contributed by atoms with Crippen LogP contribution in [0.2, 0.25) is 0 Å². The van der Waals surface area contributed by atoms with E-state index >= 15 is 0 Å². The first kappa shape index (κ1) is 70.4. The predicted molar refractivity (Wildman–Crippen MR) is 336 cm³/mol. The molecule has 9 aromatic heterocycles. The van der Waals surface area contributed by atoms with E-state index in [1.807, 2.05) is 217 Å². The van der Waals surface area contributed by atoms with E-state index in [1.54, 1.807) is 65.0 Å². The second kappa shape index (κ2) is 33.5. The van der Waals surface area contributed by atoms with Gasteiger partial charge in [-0.05, 0) is 71.4 Å². The van der Waals surface area contributed by atoms with Crippen LogP contribution in [0.25, 0.3) is 21.1 Å². The molecule has 0 saturated carbocycles. The quantitative estimate of drug-likeness (QED) is 0.224. The molecule has 11 rings (SSSR count). The maximum atomic E-state index is 11.3. The summed E-state index contributed by atoms with van der Waals surface area (Å²) < 4.78 is 28.1. The molecule has 19 heteroatoms. The smallest absolute Gasteiger partial charge is 0.497 e. The molecule has 2 aromatic carbocycles. The number of hydrogen-bond donors (Lipinski definition) is 1. The van der Waals surface area contributed by atoms with Crippen LogP contribution in [0.4, 0.5) is 0 Å². The average molecular weight is 1180 g/mol. The van der Waals surface area contributed by atoms with Crippen molar-refractivity contribution in [1.82, 2.24) is 28.2 Å². The van der Waals surface area contributed by atoms with Gasteiger partial charge in [0.15, 0.2) is 43.7 Å². The lowest BCUT2D eigenvalue weighted by atomic mass is 10.1. The molecule has 85 heavy (non-hydrogen) atoms. The fourth-order valence-corrected chi connectivity index (χ4v) is 8.86. The molecule has 0 aliphatic carbocycles. The fourth-order valence-electron chi connectivity index (χ4n) is 7.85. The van der Waals surface area contributed by atoms with E-state index in [0.717, 1.165) is 39.4 Å². The van der Waals surface area contributed by atoms with Gasteiger partial charge in [0.25, 0.3) is 12.2 Å². The summed E-state index contributed by atoms with van der Waals surface area (Å²) in [5, 5.41) is 16.0. The van der Waals surface area contributed by atoms with Gasteiger partial charge in [0.1, 0.15) is 73.6 Å². The Morgan fingerprint density at radius 3 is 1.59 bits per heavy atom. The van der Waals surface area contributed by atoms with E-state index in [0.29, 0.717) is 5.75 Å². The number of benzene rings is 2. The number of phenols is 1. The van der Waals surface area contributed by atoms with E-state index < -0.39 is 0 Å². The summed E-state index contributed by atoms with van der Waals surface area (Å²) >= 11 is 1.84. The Bertz CT molecular complexity index is 3860. The molecule has 0 atom stereocenters. The van der Waals surface area contributed by atoms with Crippen molar-refractivity contribution >= 4 is 32.5 Å². The highest BCUT2D eigenvalue weighted by atomic mass is 32.1. The van der Waals surface area contributed by atoms with Gasteiger partial charge >= 0.3 is 11.4 Å². The number of para-hydroxylation sites is 1. The van der Waals surface area contributed by atoms with Crippen molar-refractivity contribution < 1.29 is 46.3 Å². The first-order valence-corrected chi connectivity index (χ1v) is 28.8. The van der Waals surface area contributed by atoms with Crippen molar-refractivity contribution in [3.8, 4) is 5.75 Å². The highest BCUT2D eigenvalue weighted by molar-refractivity contribution is 7.18. The SMILES string of the molecule is Cc1c(O)ccc2c[n+](C)n(C)c12.Cc1cc(C)[n+](C)c(=O)n1C.Cc1cc[n+](C)c(=O)n1C.Cc1cc[n+](C)cc1.Cc1ccc[n+](C)c1.Cc1cccc[n+]1C.Cc1n(C)cc[n+]1C.Cc1n(C)nc[n+]1C.Cc1sc2ccccc2[n+]1C. The third kappa shape index (κ3) is 21.4. The highest BCUT2D eigenvalue weighted by Crippen LogP contribution is 2.24. The molecule has 0 unspecified atom stereocenters. The van der Waals surface area contributed by atoms with Crippen molar-refractivity contribution in [2.75, 3.05) is 0 Å². The van der Waals surface area contributed by atoms with Gasteiger partial charge in [-0.1, -0.05) is 29.5 Å². The topological polar surface area (TPSA) is 127 Å². The van der Waals surface area contributed by atoms with Gasteiger partial charge in [-0.3, -0.25) is 0 Å². The lowest BCUT2D eigenvalue weighted by molar-refractivity contribution is -0.748. The second-order valence-electron chi connectivity index (χ2n) is 21.3. The Balaban J connectivity index is 0.000000252. The number of fused-ring (bicyclic) bond motifs is 2. The maximum absolute atomic E-state index is 11.3. The minimum absolute atomic E-state index is 0.0139. The van der Waals surface area contributed by atoms with Gasteiger partial charge in [-0.25, -0.2) is 32.0 Å². The Labute approximate surface area is 508 Å². The standard InChI is InChI=1S/C10H12N2O.C9H10NS.C8H13N2O.C7H11N2O.3C7H10N.C6H11N2.C5H10N3/c1-7-9(13)5-4-8-6-11(2)12(3)10(7)8;1-7-10(2)8-5-3-4-6-9(8)11-7;1-6-5-7(2)10(4)8(11)9(6)3;1-6-4-5-8(2)7(10)9(6)3;1-7-3-5-8(2)6-4-7;1-7-4-3-5-8(2)6-7;1-7-5-3-4-6-8(7)2;1-6-7(2)4-5-8(6)3;1-5-7(2)4-6-8(5)3/h4-6H,1-3H3;3-6H,1-2H3;5H,1-4H3;4-5H,1-3H3;3*3-6H,1-2H3;4-5H,1-3H3;4H,1-3H3/q;8*+1/p+1. The van der Waals surface area contributed by atoms with Crippen LogP contribution in [-0.2, 0) is 98.7 Å². The number of hydrogen-bond acceptors (Lipinski definition) is 5. The molecule has 0 radical (unpaired) electrons. The largest absolute Gasteiger partial charge is 0.508 e. The van der Waals surface area contributed by atoms with Gasteiger partial charge in [0, 0.05) is 92.5 Å². The van der Waals surface area contributed by atoms with Crippen LogP contribution in [-0.4, -0.2) is 33.3 Å². The van der Waals surface area contributed by atoms with Crippen molar-refractivity contribution in [1.29, 1.82) is 0 Å². The Morgan fingerprint density at radius 1 is 0.506 bits per heavy atom. The first-order chi connectivity index (χ1) is 39.9. The lowest BCUT2D eigenvalue weighted by Gasteiger charge is -1.99. The number of aromatic nitrogens is 15. The molecule has 0 spiro atoms. The van der Waals surface area contributed by atoms with E-state index in [9.17, 15) is 14.7 Å². The maximum Gasteiger partial charge on any atom is 0.497 e. The van der Waals surface area contributed by atoms with Crippen LogP contribution in [0.3, 0.4) is 0 Å². The second-order valence-corrected chi connectivity index (χ2v) is 22.5. The highest BCUT2D eigenvalue weighted by Gasteiger charge is 2.14. The van der Waals surface area contributed by atoms with Crippen LogP contribution in [0.15, 0.2) is 163 Å². The molecule has 11 aromatic rings. The summed E-state index contributed by atoms with van der Waals surface area (Å²) in [6.45, 7) is 20.2. The summed E-state index contributed by atoms with van der Waals surface area (Å²) in [6, 6.07) is 30.5. The Kier molecular flexibility index (Phi) is 27.7. The van der Waals surface area contributed by atoms with Crippen molar-refractivity contribution in [2.24, 2.45) is 98.7 Å². The van der Waals surface area contributed by atoms with Crippen LogP contribution in [0.1, 0.15) is 56.1 Å². The van der Waals surface area contributed by atoms with Gasteiger partial charge < -0.3 is 5.11 Å². The number of nitrogens with zero attached hydrogens (tertiary/aromatic N) is 15. The predicted octanol–water partition coefficient (Wildman–Crippen LogP) is 4.57. The summed E-state index contributed by atoms with van der Waals surface area (Å²) in [6.07, 6.45) is 19.9. The van der Waals surface area contributed by atoms with E-state index in [2.05, 4.69) is 120 Å². The minimum atomic E-state index is 0.0139. The van der Waals surface area contributed by atoms with Gasteiger partial charge in [-0.2, -0.15) is 32.5 Å². The molecular formula is C66H98N15O3S+9.